The van der Waals surface area contributed by atoms with E-state index in [1.54, 1.807) is 4.90 Å². The molecule has 0 bridgehead atoms. The molecule has 3 aliphatic rings. The molecule has 1 aliphatic heterocycles. The van der Waals surface area contributed by atoms with Crippen LogP contribution in [0.1, 0.15) is 62.5 Å². The Morgan fingerprint density at radius 2 is 1.66 bits per heavy atom. The minimum absolute atomic E-state index is 0.0192. The summed E-state index contributed by atoms with van der Waals surface area (Å²) in [4.78, 5) is 39.2. The molecule has 1 saturated carbocycles. The van der Waals surface area contributed by atoms with Crippen molar-refractivity contribution < 1.29 is 24.2 Å². The SMILES string of the molecule is CC1C(C(=O)O)CCCN1C(=O)CC1(NC(=O)OCC2c3ccccc3-c3ccccc32)CCC1. The summed E-state index contributed by atoms with van der Waals surface area (Å²) in [6.45, 7) is 2.60. The number of alkyl carbamates (subject to hydrolysis) is 1. The summed E-state index contributed by atoms with van der Waals surface area (Å²) in [6, 6.07) is 16.1. The third-order valence-corrected chi connectivity index (χ3v) is 8.14. The van der Waals surface area contributed by atoms with Gasteiger partial charge in [0.2, 0.25) is 5.91 Å². The lowest BCUT2D eigenvalue weighted by Gasteiger charge is -2.44. The molecule has 2 aliphatic carbocycles. The van der Waals surface area contributed by atoms with E-state index in [4.69, 9.17) is 4.74 Å². The monoisotopic (exact) mass is 476 g/mol. The maximum absolute atomic E-state index is 13.1. The van der Waals surface area contributed by atoms with Crippen molar-refractivity contribution in [3.8, 4) is 11.1 Å². The zero-order chi connectivity index (χ0) is 24.6. The van der Waals surface area contributed by atoms with Crippen molar-refractivity contribution in [2.75, 3.05) is 13.2 Å². The summed E-state index contributed by atoms with van der Waals surface area (Å²) >= 11 is 0. The molecular weight excluding hydrogens is 444 g/mol. The van der Waals surface area contributed by atoms with Crippen LogP contribution in [0.3, 0.4) is 0 Å². The van der Waals surface area contributed by atoms with Gasteiger partial charge in [-0.25, -0.2) is 4.79 Å². The van der Waals surface area contributed by atoms with Crippen molar-refractivity contribution in [2.24, 2.45) is 5.92 Å². The highest BCUT2D eigenvalue weighted by atomic mass is 16.5. The number of aliphatic carboxylic acids is 1. The molecule has 2 atom stereocenters. The third-order valence-electron chi connectivity index (χ3n) is 8.14. The standard InChI is InChI=1S/C28H32N2O5/c1-18-19(26(32)33)12-6-15-30(18)25(31)16-28(13-7-14-28)29-27(34)35-17-24-22-10-4-2-8-20(22)21-9-3-5-11-23(21)24/h2-5,8-11,18-19,24H,6-7,12-17H2,1H3,(H,29,34)(H,32,33). The van der Waals surface area contributed by atoms with Crippen molar-refractivity contribution in [2.45, 2.75) is 62.9 Å². The number of carboxylic acid groups (broad SMARTS) is 1. The Kier molecular flexibility index (Phi) is 6.26. The second-order valence-corrected chi connectivity index (χ2v) is 10.2. The average molecular weight is 477 g/mol. The molecule has 35 heavy (non-hydrogen) atoms. The first-order valence-corrected chi connectivity index (χ1v) is 12.5. The number of rotatable bonds is 6. The van der Waals surface area contributed by atoms with Gasteiger partial charge in [-0.05, 0) is 61.3 Å². The maximum atomic E-state index is 13.1. The largest absolute Gasteiger partial charge is 0.481 e. The van der Waals surface area contributed by atoms with Gasteiger partial charge >= 0.3 is 12.1 Å². The molecule has 2 amide bonds. The van der Waals surface area contributed by atoms with Gasteiger partial charge in [0.1, 0.15) is 6.61 Å². The lowest BCUT2D eigenvalue weighted by atomic mass is 9.74. The van der Waals surface area contributed by atoms with E-state index in [2.05, 4.69) is 29.6 Å². The highest BCUT2D eigenvalue weighted by Gasteiger charge is 2.44. The number of carbonyl (C=O) groups excluding carboxylic acids is 2. The molecule has 184 valence electrons. The Balaban J connectivity index is 1.22. The first kappa shape index (κ1) is 23.4. The molecular formula is C28H32N2O5. The first-order valence-electron chi connectivity index (χ1n) is 12.5. The minimum Gasteiger partial charge on any atom is -0.481 e. The topological polar surface area (TPSA) is 95.9 Å². The van der Waals surface area contributed by atoms with Crippen molar-refractivity contribution in [1.29, 1.82) is 0 Å². The van der Waals surface area contributed by atoms with E-state index >= 15 is 0 Å². The highest BCUT2D eigenvalue weighted by Crippen LogP contribution is 2.44. The second-order valence-electron chi connectivity index (χ2n) is 10.2. The van der Waals surface area contributed by atoms with E-state index < -0.39 is 23.5 Å². The van der Waals surface area contributed by atoms with E-state index in [0.29, 0.717) is 32.2 Å². The van der Waals surface area contributed by atoms with Crippen LogP contribution < -0.4 is 5.32 Å². The number of likely N-dealkylation sites (tertiary alicyclic amines) is 1. The Hall–Kier alpha value is -3.35. The molecule has 1 heterocycles. The number of hydrogen-bond donors (Lipinski definition) is 2. The summed E-state index contributed by atoms with van der Waals surface area (Å²) in [7, 11) is 0. The molecule has 2 aromatic rings. The second kappa shape index (κ2) is 9.36. The normalized spacial score (nSPS) is 22.5. The fourth-order valence-electron chi connectivity index (χ4n) is 6.02. The van der Waals surface area contributed by atoms with Crippen LogP contribution in [0.25, 0.3) is 11.1 Å². The summed E-state index contributed by atoms with van der Waals surface area (Å²) in [6.07, 6.45) is 3.30. The molecule has 2 fully saturated rings. The Labute approximate surface area is 205 Å². The summed E-state index contributed by atoms with van der Waals surface area (Å²) in [5.74, 6) is -1.51. The van der Waals surface area contributed by atoms with Gasteiger partial charge in [0.05, 0.1) is 17.9 Å². The van der Waals surface area contributed by atoms with Crippen molar-refractivity contribution in [1.82, 2.24) is 10.2 Å². The van der Waals surface area contributed by atoms with Gasteiger partial charge in [0.15, 0.2) is 0 Å². The lowest BCUT2D eigenvalue weighted by molar-refractivity contribution is -0.149. The van der Waals surface area contributed by atoms with Crippen LogP contribution in [-0.2, 0) is 14.3 Å². The average Bonchev–Trinajstić information content (AvgIpc) is 3.15. The number of benzene rings is 2. The number of hydrogen-bond acceptors (Lipinski definition) is 4. The molecule has 7 heteroatoms. The number of carbonyl (C=O) groups is 3. The maximum Gasteiger partial charge on any atom is 0.407 e. The number of nitrogens with zero attached hydrogens (tertiary/aromatic N) is 1. The van der Waals surface area contributed by atoms with E-state index in [-0.39, 0.29) is 30.9 Å². The van der Waals surface area contributed by atoms with Crippen LogP contribution in [-0.4, -0.2) is 52.7 Å². The number of carboxylic acids is 1. The first-order chi connectivity index (χ1) is 16.9. The summed E-state index contributed by atoms with van der Waals surface area (Å²) in [5.41, 5.74) is 4.04. The molecule has 7 nitrogen and oxygen atoms in total. The molecule has 0 radical (unpaired) electrons. The summed E-state index contributed by atoms with van der Waals surface area (Å²) < 4.78 is 5.72. The minimum atomic E-state index is -0.856. The fourth-order valence-corrected chi connectivity index (χ4v) is 6.02. The van der Waals surface area contributed by atoms with Crippen LogP contribution in [0, 0.1) is 5.92 Å². The number of ether oxygens (including phenoxy) is 1. The van der Waals surface area contributed by atoms with Crippen LogP contribution >= 0.6 is 0 Å². The van der Waals surface area contributed by atoms with Gasteiger partial charge in [-0.15, -0.1) is 0 Å². The van der Waals surface area contributed by atoms with Gasteiger partial charge in [-0.2, -0.15) is 0 Å². The highest BCUT2D eigenvalue weighted by molar-refractivity contribution is 5.81. The van der Waals surface area contributed by atoms with Crippen LogP contribution in [0.2, 0.25) is 0 Å². The molecule has 0 spiro atoms. The molecule has 5 rings (SSSR count). The van der Waals surface area contributed by atoms with Gasteiger partial charge in [0, 0.05) is 18.5 Å². The van der Waals surface area contributed by atoms with Gasteiger partial charge in [0.25, 0.3) is 0 Å². The number of nitrogens with one attached hydrogen (secondary N) is 1. The quantitative estimate of drug-likeness (QED) is 0.638. The zero-order valence-electron chi connectivity index (χ0n) is 20.0. The molecule has 2 unspecified atom stereocenters. The van der Waals surface area contributed by atoms with E-state index in [9.17, 15) is 19.5 Å². The van der Waals surface area contributed by atoms with Crippen LogP contribution in [0.4, 0.5) is 4.79 Å². The zero-order valence-corrected chi connectivity index (χ0v) is 20.0. The van der Waals surface area contributed by atoms with E-state index in [1.807, 2.05) is 31.2 Å². The predicted molar refractivity (Wildman–Crippen MR) is 131 cm³/mol. The van der Waals surface area contributed by atoms with Crippen LogP contribution in [0.15, 0.2) is 48.5 Å². The van der Waals surface area contributed by atoms with Crippen molar-refractivity contribution in [3.05, 3.63) is 59.7 Å². The smallest absolute Gasteiger partial charge is 0.407 e. The van der Waals surface area contributed by atoms with Crippen molar-refractivity contribution >= 4 is 18.0 Å². The van der Waals surface area contributed by atoms with Gasteiger partial charge in [-0.3, -0.25) is 9.59 Å². The van der Waals surface area contributed by atoms with Crippen LogP contribution in [0.5, 0.6) is 0 Å². The Morgan fingerprint density at radius 3 is 2.23 bits per heavy atom. The molecule has 0 aromatic heterocycles. The molecule has 1 saturated heterocycles. The predicted octanol–water partition coefficient (Wildman–Crippen LogP) is 4.55. The number of amides is 2. The van der Waals surface area contributed by atoms with E-state index in [1.165, 1.54) is 11.1 Å². The summed E-state index contributed by atoms with van der Waals surface area (Å²) in [5, 5.41) is 12.5. The van der Waals surface area contributed by atoms with E-state index in [0.717, 1.165) is 17.5 Å². The lowest BCUT2D eigenvalue weighted by Crippen LogP contribution is -2.58. The van der Waals surface area contributed by atoms with Gasteiger partial charge in [-0.1, -0.05) is 48.5 Å². The molecule has 2 aromatic carbocycles. The third kappa shape index (κ3) is 4.40. The van der Waals surface area contributed by atoms with Gasteiger partial charge < -0.3 is 20.1 Å². The Morgan fingerprint density at radius 1 is 1.03 bits per heavy atom. The van der Waals surface area contributed by atoms with Crippen molar-refractivity contribution in [3.63, 3.8) is 0 Å². The molecule has 2 N–H and O–H groups in total. The fraction of sp³-hybridized carbons (Fsp3) is 0.464. The number of fused-ring (bicyclic) bond motifs is 3. The Bertz CT molecular complexity index is 1100. The number of piperidine rings is 1.